The molecule has 1 fully saturated rings. The van der Waals surface area contributed by atoms with Gasteiger partial charge in [-0.2, -0.15) is 0 Å². The summed E-state index contributed by atoms with van der Waals surface area (Å²) in [4.78, 5) is 19.1. The van der Waals surface area contributed by atoms with Crippen molar-refractivity contribution in [2.75, 3.05) is 19.8 Å². The molecule has 0 aliphatic carbocycles. The van der Waals surface area contributed by atoms with Crippen molar-refractivity contribution in [1.82, 2.24) is 24.6 Å². The number of carbonyl (C=O) groups excluding carboxylic acids is 1. The van der Waals surface area contributed by atoms with E-state index in [4.69, 9.17) is 9.15 Å². The Kier molecular flexibility index (Phi) is 4.35. The number of hydrogen-bond acceptors (Lipinski definition) is 6. The molecule has 28 heavy (non-hydrogen) atoms. The molecule has 1 amide bonds. The summed E-state index contributed by atoms with van der Waals surface area (Å²) >= 11 is 0. The van der Waals surface area contributed by atoms with Crippen LogP contribution in [-0.4, -0.2) is 50.3 Å². The lowest BCUT2D eigenvalue weighted by Gasteiger charge is -2.33. The number of nitrogens with zero attached hydrogens (tertiary/aromatic N) is 5. The highest BCUT2D eigenvalue weighted by Crippen LogP contribution is 2.31. The number of benzene rings is 1. The highest BCUT2D eigenvalue weighted by atomic mass is 16.5. The standard InChI is InChI=1S/C20H23N5O3/c1-13-11-24(19(26)10-18-21-15-4-2-3-5-16(15)28-18)12-17-22-23-20(25(13)17)14-6-8-27-9-7-14/h2-5,13-14H,6-12H2,1H3/t13-/m0/s1. The van der Waals surface area contributed by atoms with Gasteiger partial charge in [-0.25, -0.2) is 4.98 Å². The predicted molar refractivity (Wildman–Crippen MR) is 101 cm³/mol. The van der Waals surface area contributed by atoms with Gasteiger partial charge in [0.2, 0.25) is 11.8 Å². The number of rotatable bonds is 3. The first-order valence-corrected chi connectivity index (χ1v) is 9.82. The van der Waals surface area contributed by atoms with Crippen molar-refractivity contribution in [3.63, 3.8) is 0 Å². The molecule has 0 unspecified atom stereocenters. The summed E-state index contributed by atoms with van der Waals surface area (Å²) in [5.74, 6) is 2.73. The molecule has 0 spiro atoms. The van der Waals surface area contributed by atoms with Crippen LogP contribution in [-0.2, 0) is 22.5 Å². The van der Waals surface area contributed by atoms with Crippen LogP contribution < -0.4 is 0 Å². The minimum atomic E-state index is 0.000252. The van der Waals surface area contributed by atoms with Crippen LogP contribution in [0.5, 0.6) is 0 Å². The second-order valence-electron chi connectivity index (χ2n) is 7.61. The maximum Gasteiger partial charge on any atom is 0.232 e. The molecule has 3 aromatic rings. The van der Waals surface area contributed by atoms with Gasteiger partial charge in [0.15, 0.2) is 11.4 Å². The number of hydrogen-bond donors (Lipinski definition) is 0. The number of fused-ring (bicyclic) bond motifs is 2. The normalized spacial score (nSPS) is 20.5. The van der Waals surface area contributed by atoms with Crippen LogP contribution in [0.15, 0.2) is 28.7 Å². The average Bonchev–Trinajstić information content (AvgIpc) is 3.32. The van der Waals surface area contributed by atoms with Crippen molar-refractivity contribution in [3.8, 4) is 0 Å². The highest BCUT2D eigenvalue weighted by molar-refractivity contribution is 5.79. The summed E-state index contributed by atoms with van der Waals surface area (Å²) in [7, 11) is 0. The van der Waals surface area contributed by atoms with E-state index in [1.807, 2.05) is 29.2 Å². The lowest BCUT2D eigenvalue weighted by molar-refractivity contribution is -0.132. The maximum atomic E-state index is 12.9. The van der Waals surface area contributed by atoms with Crippen molar-refractivity contribution in [3.05, 3.63) is 41.8 Å². The Morgan fingerprint density at radius 1 is 1.21 bits per heavy atom. The zero-order chi connectivity index (χ0) is 19.1. The second-order valence-corrected chi connectivity index (χ2v) is 7.61. The highest BCUT2D eigenvalue weighted by Gasteiger charge is 2.32. The number of para-hydroxylation sites is 2. The quantitative estimate of drug-likeness (QED) is 0.693. The largest absolute Gasteiger partial charge is 0.440 e. The first-order valence-electron chi connectivity index (χ1n) is 9.82. The smallest absolute Gasteiger partial charge is 0.232 e. The molecule has 0 bridgehead atoms. The van der Waals surface area contributed by atoms with Gasteiger partial charge in [-0.15, -0.1) is 10.2 Å². The van der Waals surface area contributed by atoms with E-state index in [9.17, 15) is 4.79 Å². The third-order valence-electron chi connectivity index (χ3n) is 5.63. The maximum absolute atomic E-state index is 12.9. The number of amides is 1. The van der Waals surface area contributed by atoms with Gasteiger partial charge in [0.25, 0.3) is 0 Å². The second kappa shape index (κ2) is 7.01. The molecule has 0 radical (unpaired) electrons. The van der Waals surface area contributed by atoms with Crippen molar-refractivity contribution < 1.29 is 13.9 Å². The third-order valence-corrected chi connectivity index (χ3v) is 5.63. The summed E-state index contributed by atoms with van der Waals surface area (Å²) < 4.78 is 13.4. The fourth-order valence-electron chi connectivity index (χ4n) is 4.22. The molecule has 4 heterocycles. The Morgan fingerprint density at radius 3 is 2.86 bits per heavy atom. The minimum absolute atomic E-state index is 0.000252. The van der Waals surface area contributed by atoms with Crippen molar-refractivity contribution in [2.45, 2.75) is 44.7 Å². The molecule has 2 aliphatic rings. The van der Waals surface area contributed by atoms with E-state index < -0.39 is 0 Å². The molecule has 2 aliphatic heterocycles. The number of ether oxygens (including phenoxy) is 1. The van der Waals surface area contributed by atoms with Crippen LogP contribution in [0.4, 0.5) is 0 Å². The van der Waals surface area contributed by atoms with Gasteiger partial charge in [-0.3, -0.25) is 4.79 Å². The lowest BCUT2D eigenvalue weighted by Crippen LogP contribution is -2.41. The van der Waals surface area contributed by atoms with E-state index in [1.165, 1.54) is 0 Å². The molecule has 1 saturated heterocycles. The third kappa shape index (κ3) is 3.07. The van der Waals surface area contributed by atoms with Crippen LogP contribution in [0.2, 0.25) is 0 Å². The van der Waals surface area contributed by atoms with Gasteiger partial charge in [-0.1, -0.05) is 12.1 Å². The molecule has 2 aromatic heterocycles. The average molecular weight is 381 g/mol. The van der Waals surface area contributed by atoms with Gasteiger partial charge >= 0.3 is 0 Å². The predicted octanol–water partition coefficient (Wildman–Crippen LogP) is 2.46. The van der Waals surface area contributed by atoms with E-state index >= 15 is 0 Å². The molecule has 146 valence electrons. The van der Waals surface area contributed by atoms with Crippen molar-refractivity contribution in [2.24, 2.45) is 0 Å². The fraction of sp³-hybridized carbons (Fsp3) is 0.500. The van der Waals surface area contributed by atoms with Crippen LogP contribution in [0.25, 0.3) is 11.1 Å². The Hall–Kier alpha value is -2.74. The summed E-state index contributed by atoms with van der Waals surface area (Å²) in [6.45, 7) is 4.78. The van der Waals surface area contributed by atoms with E-state index in [-0.39, 0.29) is 18.4 Å². The molecule has 1 atom stereocenters. The summed E-state index contributed by atoms with van der Waals surface area (Å²) in [6, 6.07) is 7.69. The van der Waals surface area contributed by atoms with Gasteiger partial charge in [0.05, 0.1) is 12.6 Å². The Bertz CT molecular complexity index is 971. The summed E-state index contributed by atoms with van der Waals surface area (Å²) in [5, 5.41) is 8.86. The Labute approximate surface area is 162 Å². The molecule has 8 heteroatoms. The van der Waals surface area contributed by atoms with Crippen LogP contribution >= 0.6 is 0 Å². The van der Waals surface area contributed by atoms with Crippen molar-refractivity contribution in [1.29, 1.82) is 0 Å². The van der Waals surface area contributed by atoms with Gasteiger partial charge in [0, 0.05) is 25.7 Å². The summed E-state index contributed by atoms with van der Waals surface area (Å²) in [5.41, 5.74) is 1.48. The van der Waals surface area contributed by atoms with E-state index in [2.05, 4.69) is 26.7 Å². The zero-order valence-corrected chi connectivity index (χ0v) is 15.9. The molecule has 8 nitrogen and oxygen atoms in total. The van der Waals surface area contributed by atoms with Crippen LogP contribution in [0.1, 0.15) is 49.3 Å². The number of aromatic nitrogens is 4. The molecule has 1 aromatic carbocycles. The monoisotopic (exact) mass is 381 g/mol. The van der Waals surface area contributed by atoms with Crippen LogP contribution in [0, 0.1) is 0 Å². The van der Waals surface area contributed by atoms with Crippen LogP contribution in [0.3, 0.4) is 0 Å². The first kappa shape index (κ1) is 17.4. The number of oxazole rings is 1. The number of carbonyl (C=O) groups is 1. The fourth-order valence-corrected chi connectivity index (χ4v) is 4.22. The van der Waals surface area contributed by atoms with Gasteiger partial charge in [0.1, 0.15) is 17.8 Å². The summed E-state index contributed by atoms with van der Waals surface area (Å²) in [6.07, 6.45) is 2.11. The van der Waals surface area contributed by atoms with E-state index in [0.29, 0.717) is 30.5 Å². The zero-order valence-electron chi connectivity index (χ0n) is 15.9. The Balaban J connectivity index is 1.33. The lowest BCUT2D eigenvalue weighted by atomic mass is 9.99. The molecule has 5 rings (SSSR count). The SMILES string of the molecule is C[C@H]1CN(C(=O)Cc2nc3ccccc3o2)Cc2nnc(C3CCOCC3)n21. The molecular formula is C20H23N5O3. The first-order chi connectivity index (χ1) is 13.7. The topological polar surface area (TPSA) is 86.3 Å². The minimum Gasteiger partial charge on any atom is -0.440 e. The van der Waals surface area contributed by atoms with Crippen molar-refractivity contribution >= 4 is 17.0 Å². The molecule has 0 saturated carbocycles. The molecule has 0 N–H and O–H groups in total. The molecular weight excluding hydrogens is 358 g/mol. The van der Waals surface area contributed by atoms with Gasteiger partial charge < -0.3 is 18.6 Å². The van der Waals surface area contributed by atoms with E-state index in [0.717, 1.165) is 43.2 Å². The van der Waals surface area contributed by atoms with E-state index in [1.54, 1.807) is 0 Å². The Morgan fingerprint density at radius 2 is 2.04 bits per heavy atom. The van der Waals surface area contributed by atoms with Gasteiger partial charge in [-0.05, 0) is 31.9 Å².